The van der Waals surface area contributed by atoms with Gasteiger partial charge < -0.3 is 0 Å². The number of hydrogen-bond donors (Lipinski definition) is 0. The lowest BCUT2D eigenvalue weighted by molar-refractivity contribution is 0.355. The third kappa shape index (κ3) is 1.77. The number of hydrogen-bond acceptors (Lipinski definition) is 0. The quantitative estimate of drug-likeness (QED) is 0.558. The van der Waals surface area contributed by atoms with Crippen LogP contribution in [0.3, 0.4) is 0 Å². The van der Waals surface area contributed by atoms with E-state index in [1.807, 2.05) is 0 Å². The summed E-state index contributed by atoms with van der Waals surface area (Å²) in [5.41, 5.74) is 0. The van der Waals surface area contributed by atoms with Crippen molar-refractivity contribution < 1.29 is 5.11 Å². The molecule has 0 aliphatic carbocycles. The largest absolute Gasteiger partial charge is 0.290 e. The zero-order valence-electron chi connectivity index (χ0n) is 4.40. The first kappa shape index (κ1) is 6.72. The first-order valence-corrected chi connectivity index (χ1v) is 3.07. The molecule has 1 radical (unpaired) electrons. The second-order valence-corrected chi connectivity index (χ2v) is 2.48. The van der Waals surface area contributed by atoms with Crippen LogP contribution in [0.2, 0.25) is 10.0 Å². The second-order valence-electron chi connectivity index (χ2n) is 1.61. The van der Waals surface area contributed by atoms with Crippen molar-refractivity contribution in [3.05, 3.63) is 28.2 Å². The first-order chi connectivity index (χ1) is 4.18. The number of benzene rings is 1. The Morgan fingerprint density at radius 1 is 1.00 bits per heavy atom. The summed E-state index contributed by atoms with van der Waals surface area (Å²) in [4.78, 5) is 0. The summed E-state index contributed by atoms with van der Waals surface area (Å²) in [7, 11) is 0. The third-order valence-electron chi connectivity index (χ3n) is 0.836. The van der Waals surface area contributed by atoms with Crippen molar-refractivity contribution in [2.24, 2.45) is 0 Å². The van der Waals surface area contributed by atoms with E-state index < -0.39 is 0 Å². The van der Waals surface area contributed by atoms with Crippen molar-refractivity contribution in [3.8, 4) is 5.75 Å². The zero-order chi connectivity index (χ0) is 6.85. The summed E-state index contributed by atoms with van der Waals surface area (Å²) in [6.07, 6.45) is 0. The molecule has 0 bridgehead atoms. The maximum atomic E-state index is 10.5. The Labute approximate surface area is 62.8 Å². The Morgan fingerprint density at radius 2 is 1.44 bits per heavy atom. The molecule has 0 saturated heterocycles. The van der Waals surface area contributed by atoms with E-state index in [1.165, 1.54) is 18.2 Å². The molecule has 0 atom stereocenters. The molecule has 3 heteroatoms. The van der Waals surface area contributed by atoms with Crippen LogP contribution in [-0.4, -0.2) is 0 Å². The van der Waals surface area contributed by atoms with E-state index in [1.54, 1.807) is 0 Å². The highest BCUT2D eigenvalue weighted by atomic mass is 35.5. The van der Waals surface area contributed by atoms with Crippen molar-refractivity contribution in [1.82, 2.24) is 0 Å². The van der Waals surface area contributed by atoms with Gasteiger partial charge >= 0.3 is 0 Å². The van der Waals surface area contributed by atoms with E-state index in [2.05, 4.69) is 0 Å². The van der Waals surface area contributed by atoms with Gasteiger partial charge in [-0.05, 0) is 6.07 Å². The highest BCUT2D eigenvalue weighted by Gasteiger charge is 1.95. The van der Waals surface area contributed by atoms with Crippen molar-refractivity contribution in [2.75, 3.05) is 0 Å². The minimum Gasteiger partial charge on any atom is -0.290 e. The predicted molar refractivity (Wildman–Crippen MR) is 36.6 cm³/mol. The van der Waals surface area contributed by atoms with Crippen molar-refractivity contribution in [3.63, 3.8) is 0 Å². The highest BCUT2D eigenvalue weighted by Crippen LogP contribution is 2.22. The molecule has 0 saturated carbocycles. The van der Waals surface area contributed by atoms with Crippen LogP contribution in [0.5, 0.6) is 5.75 Å². The van der Waals surface area contributed by atoms with Gasteiger partial charge in [0.1, 0.15) is 0 Å². The average Bonchev–Trinajstić information content (AvgIpc) is 1.59. The van der Waals surface area contributed by atoms with Crippen LogP contribution in [0, 0.1) is 0 Å². The summed E-state index contributed by atoms with van der Waals surface area (Å²) in [6, 6.07) is 4.14. The molecule has 0 aliphatic heterocycles. The lowest BCUT2D eigenvalue weighted by atomic mass is 10.3. The van der Waals surface area contributed by atoms with Gasteiger partial charge in [0.05, 0.1) is 0 Å². The SMILES string of the molecule is [O]c1cc(Cl)cc(Cl)c1. The Balaban J connectivity index is 3.17. The maximum absolute atomic E-state index is 10.5. The lowest BCUT2D eigenvalue weighted by Crippen LogP contribution is -1.64. The molecule has 0 fully saturated rings. The topological polar surface area (TPSA) is 19.9 Å². The van der Waals surface area contributed by atoms with E-state index in [4.69, 9.17) is 23.2 Å². The summed E-state index contributed by atoms with van der Waals surface area (Å²) in [5.74, 6) is -0.160. The predicted octanol–water partition coefficient (Wildman–Crippen LogP) is 3.14. The van der Waals surface area contributed by atoms with Crippen LogP contribution in [0.4, 0.5) is 0 Å². The van der Waals surface area contributed by atoms with Gasteiger partial charge in [-0.25, -0.2) is 0 Å². The lowest BCUT2D eigenvalue weighted by Gasteiger charge is -1.89. The molecular formula is C6H3Cl2O. The van der Waals surface area contributed by atoms with Crippen LogP contribution in [0.1, 0.15) is 0 Å². The van der Waals surface area contributed by atoms with Gasteiger partial charge in [0, 0.05) is 22.2 Å². The zero-order valence-corrected chi connectivity index (χ0v) is 5.91. The van der Waals surface area contributed by atoms with Gasteiger partial charge in [0.15, 0.2) is 5.75 Å². The molecule has 0 unspecified atom stereocenters. The molecule has 0 spiro atoms. The van der Waals surface area contributed by atoms with Gasteiger partial charge in [-0.1, -0.05) is 23.2 Å². The normalized spacial score (nSPS) is 9.56. The van der Waals surface area contributed by atoms with Crippen molar-refractivity contribution in [2.45, 2.75) is 0 Å². The molecule has 0 N–H and O–H groups in total. The van der Waals surface area contributed by atoms with Gasteiger partial charge in [0.25, 0.3) is 0 Å². The highest BCUT2D eigenvalue weighted by molar-refractivity contribution is 6.34. The Kier molecular flexibility index (Phi) is 1.84. The second kappa shape index (κ2) is 2.46. The van der Waals surface area contributed by atoms with Crippen LogP contribution < -0.4 is 0 Å². The minimum atomic E-state index is -0.160. The van der Waals surface area contributed by atoms with Gasteiger partial charge in [0.2, 0.25) is 0 Å². The fourth-order valence-corrected chi connectivity index (χ4v) is 1.03. The summed E-state index contributed by atoms with van der Waals surface area (Å²) in [5, 5.41) is 11.3. The van der Waals surface area contributed by atoms with Crippen molar-refractivity contribution >= 4 is 23.2 Å². The Hall–Kier alpha value is -0.400. The average molecular weight is 162 g/mol. The summed E-state index contributed by atoms with van der Waals surface area (Å²) >= 11 is 10.9. The Bertz CT molecular complexity index is 172. The maximum Gasteiger partial charge on any atom is 0.181 e. The molecule has 0 heterocycles. The summed E-state index contributed by atoms with van der Waals surface area (Å²) < 4.78 is 0. The van der Waals surface area contributed by atoms with E-state index in [9.17, 15) is 5.11 Å². The van der Waals surface area contributed by atoms with Gasteiger partial charge in [-0.3, -0.25) is 5.11 Å². The van der Waals surface area contributed by atoms with Crippen molar-refractivity contribution in [1.29, 1.82) is 0 Å². The third-order valence-corrected chi connectivity index (χ3v) is 1.27. The van der Waals surface area contributed by atoms with Crippen LogP contribution >= 0.6 is 23.2 Å². The molecule has 0 aromatic heterocycles. The van der Waals surface area contributed by atoms with Crippen LogP contribution in [0.25, 0.3) is 0 Å². The molecule has 47 valence electrons. The fraction of sp³-hybridized carbons (Fsp3) is 0. The molecule has 1 rings (SSSR count). The fourth-order valence-electron chi connectivity index (χ4n) is 0.529. The standard InChI is InChI=1S/C6H3Cl2O/c7-4-1-5(8)3-6(9)2-4/h1-3H. The smallest absolute Gasteiger partial charge is 0.181 e. The molecule has 1 aromatic rings. The molecule has 1 aromatic carbocycles. The molecule has 1 nitrogen and oxygen atoms in total. The minimum absolute atomic E-state index is 0.160. The molecular weight excluding hydrogens is 159 g/mol. The monoisotopic (exact) mass is 161 g/mol. The van der Waals surface area contributed by atoms with E-state index in [0.717, 1.165) is 0 Å². The van der Waals surface area contributed by atoms with Crippen LogP contribution in [-0.2, 0) is 5.11 Å². The first-order valence-electron chi connectivity index (χ1n) is 2.31. The van der Waals surface area contributed by atoms with E-state index >= 15 is 0 Å². The van der Waals surface area contributed by atoms with Crippen LogP contribution in [0.15, 0.2) is 18.2 Å². The summed E-state index contributed by atoms with van der Waals surface area (Å²) in [6.45, 7) is 0. The van der Waals surface area contributed by atoms with E-state index in [0.29, 0.717) is 10.0 Å². The molecule has 9 heavy (non-hydrogen) atoms. The number of halogens is 2. The molecule has 0 amide bonds. The Morgan fingerprint density at radius 3 is 1.78 bits per heavy atom. The molecule has 0 aliphatic rings. The van der Waals surface area contributed by atoms with Gasteiger partial charge in [-0.2, -0.15) is 0 Å². The van der Waals surface area contributed by atoms with Gasteiger partial charge in [-0.15, -0.1) is 0 Å². The number of rotatable bonds is 0. The van der Waals surface area contributed by atoms with E-state index in [-0.39, 0.29) is 5.75 Å².